The maximum Gasteiger partial charge on any atom is 0.383 e. The van der Waals surface area contributed by atoms with Gasteiger partial charge in [0.2, 0.25) is 5.82 Å². The van der Waals surface area contributed by atoms with E-state index in [0.29, 0.717) is 6.07 Å². The molecule has 0 heterocycles. The van der Waals surface area contributed by atoms with Gasteiger partial charge in [-0.1, -0.05) is 0 Å². The highest BCUT2D eigenvalue weighted by atomic mass is 19.1. The number of nitrogens with two attached hydrogens (primary N) is 1. The number of nitrogen functional groups attached to an aromatic ring is 1. The molecule has 2 N–H and O–H groups in total. The third kappa shape index (κ3) is 1.44. The van der Waals surface area contributed by atoms with Crippen molar-refractivity contribution in [3.8, 4) is 0 Å². The number of hydrogen-bond acceptors (Lipinski definition) is 5. The molecule has 0 atom stereocenters. The number of rotatable bonds is 2. The van der Waals surface area contributed by atoms with E-state index in [2.05, 4.69) is 0 Å². The molecule has 0 radical (unpaired) electrons. The van der Waals surface area contributed by atoms with Gasteiger partial charge in [0, 0.05) is 0 Å². The Labute approximate surface area is 76.2 Å². The van der Waals surface area contributed by atoms with Crippen LogP contribution in [0, 0.1) is 26.0 Å². The van der Waals surface area contributed by atoms with E-state index >= 15 is 0 Å². The van der Waals surface area contributed by atoms with Gasteiger partial charge in [0.1, 0.15) is 5.69 Å². The molecule has 7 nitrogen and oxygen atoms in total. The van der Waals surface area contributed by atoms with Gasteiger partial charge < -0.3 is 5.73 Å². The molecule has 0 spiro atoms. The van der Waals surface area contributed by atoms with E-state index < -0.39 is 32.7 Å². The zero-order valence-corrected chi connectivity index (χ0v) is 6.64. The fourth-order valence-electron chi connectivity index (χ4n) is 0.936. The van der Waals surface area contributed by atoms with Gasteiger partial charge in [-0.2, -0.15) is 4.39 Å². The van der Waals surface area contributed by atoms with Crippen molar-refractivity contribution in [2.45, 2.75) is 0 Å². The lowest BCUT2D eigenvalue weighted by molar-refractivity contribution is -0.423. The molecule has 74 valence electrons. The summed E-state index contributed by atoms with van der Waals surface area (Å²) >= 11 is 0. The van der Waals surface area contributed by atoms with E-state index in [1.807, 2.05) is 0 Å². The molecule has 1 aromatic rings. The summed E-state index contributed by atoms with van der Waals surface area (Å²) in [6, 6.07) is 1.61. The highest BCUT2D eigenvalue weighted by molar-refractivity contribution is 5.69. The quantitative estimate of drug-likeness (QED) is 0.439. The molecule has 0 unspecified atom stereocenters. The minimum absolute atomic E-state index is 0.442. The van der Waals surface area contributed by atoms with E-state index in [4.69, 9.17) is 5.73 Å². The third-order valence-corrected chi connectivity index (χ3v) is 1.50. The first-order chi connectivity index (χ1) is 6.45. The SMILES string of the molecule is Nc1ccc(F)c([N+](=O)[O-])c1[N+](=O)[O-]. The third-order valence-electron chi connectivity index (χ3n) is 1.50. The average Bonchev–Trinajstić information content (AvgIpc) is 2.07. The number of nitrogens with zero attached hydrogens (tertiary/aromatic N) is 2. The van der Waals surface area contributed by atoms with Crippen molar-refractivity contribution in [1.29, 1.82) is 0 Å². The summed E-state index contributed by atoms with van der Waals surface area (Å²) in [5.74, 6) is -1.28. The van der Waals surface area contributed by atoms with E-state index in [0.717, 1.165) is 6.07 Å². The van der Waals surface area contributed by atoms with Crippen LogP contribution < -0.4 is 5.73 Å². The second-order valence-corrected chi connectivity index (χ2v) is 2.35. The molecule has 0 saturated heterocycles. The summed E-state index contributed by atoms with van der Waals surface area (Å²) in [7, 11) is 0. The molecule has 0 bridgehead atoms. The van der Waals surface area contributed by atoms with Crippen LogP contribution in [-0.2, 0) is 0 Å². The molecule has 0 saturated carbocycles. The largest absolute Gasteiger partial charge is 0.393 e. The highest BCUT2D eigenvalue weighted by Gasteiger charge is 2.31. The van der Waals surface area contributed by atoms with Gasteiger partial charge in [0.15, 0.2) is 0 Å². The number of benzene rings is 1. The van der Waals surface area contributed by atoms with Crippen molar-refractivity contribution >= 4 is 17.1 Å². The summed E-state index contributed by atoms with van der Waals surface area (Å²) in [5.41, 5.74) is 2.44. The van der Waals surface area contributed by atoms with E-state index in [1.165, 1.54) is 0 Å². The Bertz CT molecular complexity index is 381. The molecule has 0 aliphatic carbocycles. The molecule has 1 rings (SSSR count). The molecule has 14 heavy (non-hydrogen) atoms. The lowest BCUT2D eigenvalue weighted by atomic mass is 10.2. The minimum Gasteiger partial charge on any atom is -0.393 e. The lowest BCUT2D eigenvalue weighted by Crippen LogP contribution is -2.02. The van der Waals surface area contributed by atoms with Crippen molar-refractivity contribution in [2.24, 2.45) is 0 Å². The van der Waals surface area contributed by atoms with Crippen LogP contribution in [0.3, 0.4) is 0 Å². The average molecular weight is 201 g/mol. The first kappa shape index (κ1) is 9.84. The van der Waals surface area contributed by atoms with Crippen LogP contribution >= 0.6 is 0 Å². The Morgan fingerprint density at radius 1 is 1.14 bits per heavy atom. The van der Waals surface area contributed by atoms with Gasteiger partial charge in [0.05, 0.1) is 9.85 Å². The van der Waals surface area contributed by atoms with Gasteiger partial charge in [-0.25, -0.2) is 0 Å². The molecule has 0 aromatic heterocycles. The van der Waals surface area contributed by atoms with Crippen molar-refractivity contribution in [1.82, 2.24) is 0 Å². The monoisotopic (exact) mass is 201 g/mol. The zero-order chi connectivity index (χ0) is 10.9. The van der Waals surface area contributed by atoms with Crippen molar-refractivity contribution in [3.63, 3.8) is 0 Å². The first-order valence-corrected chi connectivity index (χ1v) is 3.32. The zero-order valence-electron chi connectivity index (χ0n) is 6.64. The smallest absolute Gasteiger partial charge is 0.383 e. The maximum atomic E-state index is 12.8. The van der Waals surface area contributed by atoms with Crippen LogP contribution in [0.4, 0.5) is 21.5 Å². The Morgan fingerprint density at radius 2 is 1.64 bits per heavy atom. The van der Waals surface area contributed by atoms with E-state index in [-0.39, 0.29) is 0 Å². The second-order valence-electron chi connectivity index (χ2n) is 2.35. The van der Waals surface area contributed by atoms with E-state index in [9.17, 15) is 24.6 Å². The van der Waals surface area contributed by atoms with Crippen LogP contribution in [0.1, 0.15) is 0 Å². The number of nitro groups is 2. The van der Waals surface area contributed by atoms with Crippen LogP contribution in [0.25, 0.3) is 0 Å². The molecule has 0 aliphatic heterocycles. The van der Waals surface area contributed by atoms with Crippen molar-refractivity contribution in [2.75, 3.05) is 5.73 Å². The van der Waals surface area contributed by atoms with Crippen LogP contribution in [0.2, 0.25) is 0 Å². The van der Waals surface area contributed by atoms with Crippen molar-refractivity contribution < 1.29 is 14.2 Å². The number of hydrogen-bond donors (Lipinski definition) is 1. The predicted octanol–water partition coefficient (Wildman–Crippen LogP) is 1.22. The van der Waals surface area contributed by atoms with Gasteiger partial charge in [0.25, 0.3) is 0 Å². The minimum atomic E-state index is -1.28. The number of halogens is 1. The van der Waals surface area contributed by atoms with Crippen molar-refractivity contribution in [3.05, 3.63) is 38.2 Å². The van der Waals surface area contributed by atoms with Gasteiger partial charge >= 0.3 is 11.4 Å². The molecule has 8 heteroatoms. The Balaban J connectivity index is 3.58. The maximum absolute atomic E-state index is 12.8. The van der Waals surface area contributed by atoms with Gasteiger partial charge in [-0.05, 0) is 12.1 Å². The molecule has 0 fully saturated rings. The molecule has 0 amide bonds. The normalized spacial score (nSPS) is 9.79. The van der Waals surface area contributed by atoms with E-state index in [1.54, 1.807) is 0 Å². The standard InChI is InChI=1S/C6H4FN3O4/c7-3-1-2-4(8)6(10(13)14)5(3)9(11)12/h1-2H,8H2. The summed E-state index contributed by atoms with van der Waals surface area (Å²) in [5, 5.41) is 20.7. The summed E-state index contributed by atoms with van der Waals surface area (Å²) in [6.07, 6.45) is 0. The second kappa shape index (κ2) is 3.24. The Hall–Kier alpha value is -2.25. The molecular formula is C6H4FN3O4. The van der Waals surface area contributed by atoms with Crippen LogP contribution in [0.5, 0.6) is 0 Å². The van der Waals surface area contributed by atoms with Crippen LogP contribution in [0.15, 0.2) is 12.1 Å². The molecule has 0 aliphatic rings. The Kier molecular flexibility index (Phi) is 2.28. The van der Waals surface area contributed by atoms with Gasteiger partial charge in [-0.3, -0.25) is 20.2 Å². The topological polar surface area (TPSA) is 112 Å². The highest BCUT2D eigenvalue weighted by Crippen LogP contribution is 2.34. The molecular weight excluding hydrogens is 197 g/mol. The summed E-state index contributed by atoms with van der Waals surface area (Å²) in [4.78, 5) is 18.4. The predicted molar refractivity (Wildman–Crippen MR) is 44.1 cm³/mol. The number of nitro benzene ring substituents is 2. The number of anilines is 1. The lowest BCUT2D eigenvalue weighted by Gasteiger charge is -1.98. The molecule has 1 aromatic carbocycles. The summed E-state index contributed by atoms with van der Waals surface area (Å²) < 4.78 is 12.8. The summed E-state index contributed by atoms with van der Waals surface area (Å²) in [6.45, 7) is 0. The fraction of sp³-hybridized carbons (Fsp3) is 0. The fourth-order valence-corrected chi connectivity index (χ4v) is 0.936. The van der Waals surface area contributed by atoms with Gasteiger partial charge in [-0.15, -0.1) is 0 Å². The first-order valence-electron chi connectivity index (χ1n) is 3.32. The van der Waals surface area contributed by atoms with Crippen LogP contribution in [-0.4, -0.2) is 9.85 Å². The Morgan fingerprint density at radius 3 is 2.00 bits per heavy atom.